The van der Waals surface area contributed by atoms with Gasteiger partial charge in [0.1, 0.15) is 0 Å². The van der Waals surface area contributed by atoms with Crippen molar-refractivity contribution in [2.24, 2.45) is 0 Å². The molecule has 0 saturated carbocycles. The van der Waals surface area contributed by atoms with Crippen LogP contribution in [-0.4, -0.2) is 20.8 Å². The molecule has 0 saturated heterocycles. The molecular formula is C11H18N2O2S. The fraction of sp³-hybridized carbons (Fsp3) is 0.636. The third-order valence-electron chi connectivity index (χ3n) is 2.19. The Kier molecular flexibility index (Phi) is 6.00. The number of rotatable bonds is 7. The lowest BCUT2D eigenvalue weighted by Crippen LogP contribution is -2.06. The molecule has 0 bridgehead atoms. The van der Waals surface area contributed by atoms with Gasteiger partial charge in [-0.2, -0.15) is 4.98 Å². The van der Waals surface area contributed by atoms with Gasteiger partial charge in [0.15, 0.2) is 5.16 Å². The zero-order valence-electron chi connectivity index (χ0n) is 9.53. The predicted octanol–water partition coefficient (Wildman–Crippen LogP) is 2.54. The van der Waals surface area contributed by atoms with Crippen LogP contribution in [0.1, 0.15) is 39.0 Å². The summed E-state index contributed by atoms with van der Waals surface area (Å²) in [7, 11) is 0. The second-order valence-corrected chi connectivity index (χ2v) is 4.76. The van der Waals surface area contributed by atoms with E-state index in [1.54, 1.807) is 0 Å². The van der Waals surface area contributed by atoms with Gasteiger partial charge < -0.3 is 10.1 Å². The maximum absolute atomic E-state index is 11.0. The molecule has 1 aromatic rings. The third kappa shape index (κ3) is 5.21. The van der Waals surface area contributed by atoms with Crippen molar-refractivity contribution in [3.63, 3.8) is 0 Å². The molecule has 0 aliphatic carbocycles. The zero-order chi connectivity index (χ0) is 11.8. The molecule has 0 fully saturated rings. The monoisotopic (exact) mass is 242 g/mol. The van der Waals surface area contributed by atoms with E-state index < -0.39 is 0 Å². The molecule has 0 atom stereocenters. The van der Waals surface area contributed by atoms with Crippen LogP contribution in [0.25, 0.3) is 0 Å². The van der Waals surface area contributed by atoms with E-state index >= 15 is 0 Å². The smallest absolute Gasteiger partial charge is 0.255 e. The third-order valence-corrected chi connectivity index (χ3v) is 3.15. The topological polar surface area (TPSA) is 66.0 Å². The Labute approximate surface area is 99.5 Å². The zero-order valence-corrected chi connectivity index (χ0v) is 10.3. The van der Waals surface area contributed by atoms with E-state index in [9.17, 15) is 4.79 Å². The van der Waals surface area contributed by atoms with E-state index in [0.717, 1.165) is 18.2 Å². The van der Waals surface area contributed by atoms with Crippen molar-refractivity contribution in [1.82, 2.24) is 9.97 Å². The van der Waals surface area contributed by atoms with Crippen LogP contribution in [0.15, 0.2) is 16.0 Å². The van der Waals surface area contributed by atoms with Crippen LogP contribution in [0.5, 0.6) is 5.88 Å². The van der Waals surface area contributed by atoms with Gasteiger partial charge in [0.2, 0.25) is 5.88 Å². The molecular weight excluding hydrogens is 224 g/mol. The Morgan fingerprint density at radius 1 is 1.38 bits per heavy atom. The van der Waals surface area contributed by atoms with Crippen LogP contribution in [-0.2, 0) is 0 Å². The highest BCUT2D eigenvalue weighted by molar-refractivity contribution is 7.99. The van der Waals surface area contributed by atoms with Gasteiger partial charge in [0.05, 0.1) is 6.07 Å². The summed E-state index contributed by atoms with van der Waals surface area (Å²) in [5.74, 6) is 0.716. The predicted molar refractivity (Wildman–Crippen MR) is 66.0 cm³/mol. The standard InChI is InChI=1S/C11H18N2O2S/c1-2-3-4-5-6-7-16-11-12-9(14)8-10(15)13-11/h8H,2-7H2,1H3,(H2,12,13,14,15). The maximum atomic E-state index is 11.0. The van der Waals surface area contributed by atoms with Crippen LogP contribution in [0.2, 0.25) is 0 Å². The molecule has 1 rings (SSSR count). The van der Waals surface area contributed by atoms with E-state index in [4.69, 9.17) is 5.11 Å². The summed E-state index contributed by atoms with van der Waals surface area (Å²) < 4.78 is 0. The Morgan fingerprint density at radius 3 is 2.81 bits per heavy atom. The van der Waals surface area contributed by atoms with Crippen LogP contribution in [0.4, 0.5) is 0 Å². The summed E-state index contributed by atoms with van der Waals surface area (Å²) in [4.78, 5) is 17.4. The number of aromatic amines is 1. The molecule has 0 amide bonds. The lowest BCUT2D eigenvalue weighted by atomic mass is 10.2. The molecule has 0 spiro atoms. The Balaban J connectivity index is 2.24. The number of hydrogen-bond donors (Lipinski definition) is 2. The van der Waals surface area contributed by atoms with Crippen molar-refractivity contribution in [3.05, 3.63) is 16.4 Å². The highest BCUT2D eigenvalue weighted by Crippen LogP contribution is 2.16. The van der Waals surface area contributed by atoms with Crippen molar-refractivity contribution in [2.75, 3.05) is 5.75 Å². The summed E-state index contributed by atoms with van der Waals surface area (Å²) in [6, 6.07) is 1.07. The Bertz CT molecular complexity index is 365. The molecule has 90 valence electrons. The second kappa shape index (κ2) is 7.33. The molecule has 2 N–H and O–H groups in total. The lowest BCUT2D eigenvalue weighted by molar-refractivity contribution is 0.444. The fourth-order valence-corrected chi connectivity index (χ4v) is 2.24. The number of hydrogen-bond acceptors (Lipinski definition) is 4. The largest absolute Gasteiger partial charge is 0.493 e. The minimum absolute atomic E-state index is 0.211. The van der Waals surface area contributed by atoms with Gasteiger partial charge in [-0.1, -0.05) is 44.4 Å². The molecule has 16 heavy (non-hydrogen) atoms. The number of H-pyrrole nitrogens is 1. The normalized spacial score (nSPS) is 10.6. The van der Waals surface area contributed by atoms with Gasteiger partial charge in [0, 0.05) is 5.75 Å². The van der Waals surface area contributed by atoms with E-state index in [0.29, 0.717) is 5.16 Å². The minimum atomic E-state index is -0.305. The highest BCUT2D eigenvalue weighted by atomic mass is 32.2. The van der Waals surface area contributed by atoms with Crippen LogP contribution in [0.3, 0.4) is 0 Å². The SMILES string of the molecule is CCCCCCCSc1nc(O)cc(=O)[nH]1. The molecule has 1 heterocycles. The Hall–Kier alpha value is -0.970. The van der Waals surface area contributed by atoms with Crippen LogP contribution < -0.4 is 5.56 Å². The number of thioether (sulfide) groups is 1. The van der Waals surface area contributed by atoms with Gasteiger partial charge in [0.25, 0.3) is 5.56 Å². The van der Waals surface area contributed by atoms with E-state index in [2.05, 4.69) is 16.9 Å². The summed E-state index contributed by atoms with van der Waals surface area (Å²) in [5.41, 5.74) is -0.305. The molecule has 1 aromatic heterocycles. The quantitative estimate of drug-likeness (QED) is 0.438. The van der Waals surface area contributed by atoms with E-state index in [1.165, 1.54) is 37.4 Å². The molecule has 5 heteroatoms. The lowest BCUT2D eigenvalue weighted by Gasteiger charge is -2.01. The average molecular weight is 242 g/mol. The summed E-state index contributed by atoms with van der Waals surface area (Å²) >= 11 is 1.48. The molecule has 4 nitrogen and oxygen atoms in total. The first-order valence-corrected chi connectivity index (χ1v) is 6.64. The molecule has 0 radical (unpaired) electrons. The van der Waals surface area contributed by atoms with Crippen LogP contribution >= 0.6 is 11.8 Å². The second-order valence-electron chi connectivity index (χ2n) is 3.67. The van der Waals surface area contributed by atoms with Gasteiger partial charge in [-0.15, -0.1) is 0 Å². The molecule has 0 aromatic carbocycles. The summed E-state index contributed by atoms with van der Waals surface area (Å²) in [5, 5.41) is 9.62. The summed E-state index contributed by atoms with van der Waals surface area (Å²) in [6.45, 7) is 2.19. The Morgan fingerprint density at radius 2 is 2.12 bits per heavy atom. The van der Waals surface area contributed by atoms with Crippen molar-refractivity contribution < 1.29 is 5.11 Å². The number of nitrogens with one attached hydrogen (secondary N) is 1. The van der Waals surface area contributed by atoms with Gasteiger partial charge in [-0.25, -0.2) is 0 Å². The molecule has 0 unspecified atom stereocenters. The number of aromatic nitrogens is 2. The van der Waals surface area contributed by atoms with Gasteiger partial charge >= 0.3 is 0 Å². The number of unbranched alkanes of at least 4 members (excludes halogenated alkanes) is 4. The first-order valence-electron chi connectivity index (χ1n) is 5.65. The number of aromatic hydroxyl groups is 1. The van der Waals surface area contributed by atoms with Crippen LogP contribution in [0, 0.1) is 0 Å². The summed E-state index contributed by atoms with van der Waals surface area (Å²) in [6.07, 6.45) is 6.12. The van der Waals surface area contributed by atoms with Crippen molar-refractivity contribution >= 4 is 11.8 Å². The van der Waals surface area contributed by atoms with E-state index in [-0.39, 0.29) is 11.4 Å². The fourth-order valence-electron chi connectivity index (χ4n) is 1.37. The highest BCUT2D eigenvalue weighted by Gasteiger charge is 2.00. The number of nitrogens with zero attached hydrogens (tertiary/aromatic N) is 1. The first-order chi connectivity index (χ1) is 7.72. The van der Waals surface area contributed by atoms with Gasteiger partial charge in [-0.05, 0) is 6.42 Å². The maximum Gasteiger partial charge on any atom is 0.255 e. The average Bonchev–Trinajstić information content (AvgIpc) is 2.22. The van der Waals surface area contributed by atoms with Crippen molar-refractivity contribution in [3.8, 4) is 5.88 Å². The van der Waals surface area contributed by atoms with Crippen molar-refractivity contribution in [1.29, 1.82) is 0 Å². The first kappa shape index (κ1) is 13.1. The van der Waals surface area contributed by atoms with Crippen molar-refractivity contribution in [2.45, 2.75) is 44.2 Å². The van der Waals surface area contributed by atoms with E-state index in [1.807, 2.05) is 0 Å². The molecule has 0 aliphatic rings. The minimum Gasteiger partial charge on any atom is -0.493 e. The molecule has 0 aliphatic heterocycles. The van der Waals surface area contributed by atoms with Gasteiger partial charge in [-0.3, -0.25) is 4.79 Å².